The Labute approximate surface area is 188 Å². The van der Waals surface area contributed by atoms with Crippen molar-refractivity contribution < 1.29 is 13.9 Å². The monoisotopic (exact) mass is 439 g/mol. The van der Waals surface area contributed by atoms with E-state index in [0.29, 0.717) is 17.3 Å². The third-order valence-corrected chi connectivity index (χ3v) is 5.70. The van der Waals surface area contributed by atoms with Crippen LogP contribution in [0.5, 0.6) is 5.75 Å². The van der Waals surface area contributed by atoms with Crippen LogP contribution in [0.4, 0.5) is 4.39 Å². The number of amides is 1. The lowest BCUT2D eigenvalue weighted by Crippen LogP contribution is -2.47. The average Bonchev–Trinajstić information content (AvgIpc) is 2.76. The fraction of sp³-hybridized carbons (Fsp3) is 0.269. The van der Waals surface area contributed by atoms with Gasteiger partial charge in [-0.15, -0.1) is 0 Å². The van der Waals surface area contributed by atoms with E-state index in [2.05, 4.69) is 24.4 Å². The molecule has 0 saturated carbocycles. The first-order valence-electron chi connectivity index (χ1n) is 10.3. The van der Waals surface area contributed by atoms with Crippen molar-refractivity contribution in [2.75, 3.05) is 6.54 Å². The number of carbonyl (C=O) groups excluding carboxylic acids is 1. The van der Waals surface area contributed by atoms with Crippen LogP contribution in [0.15, 0.2) is 78.9 Å². The van der Waals surface area contributed by atoms with E-state index in [-0.39, 0.29) is 23.6 Å². The van der Waals surface area contributed by atoms with Gasteiger partial charge >= 0.3 is 0 Å². The van der Waals surface area contributed by atoms with Crippen molar-refractivity contribution in [3.63, 3.8) is 0 Å². The van der Waals surface area contributed by atoms with E-state index < -0.39 is 5.60 Å². The van der Waals surface area contributed by atoms with Crippen LogP contribution < -0.4 is 10.1 Å². The molecule has 0 aliphatic carbocycles. The number of hydrogen-bond donors (Lipinski definition) is 1. The molecule has 0 spiro atoms. The van der Waals surface area contributed by atoms with Crippen molar-refractivity contribution in [2.24, 2.45) is 0 Å². The zero-order chi connectivity index (χ0) is 22.4. The topological polar surface area (TPSA) is 38.3 Å². The largest absolute Gasteiger partial charge is 0.478 e. The Morgan fingerprint density at radius 3 is 2.19 bits per heavy atom. The van der Waals surface area contributed by atoms with Gasteiger partial charge in [-0.3, -0.25) is 4.79 Å². The van der Waals surface area contributed by atoms with Crippen LogP contribution in [0, 0.1) is 5.82 Å². The summed E-state index contributed by atoms with van der Waals surface area (Å²) in [7, 11) is 0. The standard InChI is InChI=1S/C26H27ClFNO2/c1-18(19-7-5-4-6-8-19)24(20-9-11-21(27)12-10-20)17-29-25(30)26(2,3)31-23-15-13-22(28)14-16-23/h4-16,18,24H,17H2,1-3H3,(H,29,30). The maximum absolute atomic E-state index is 13.1. The number of rotatable bonds is 8. The fourth-order valence-corrected chi connectivity index (χ4v) is 3.67. The molecule has 3 aromatic carbocycles. The van der Waals surface area contributed by atoms with Crippen molar-refractivity contribution in [1.29, 1.82) is 0 Å². The SMILES string of the molecule is CC(c1ccccc1)C(CNC(=O)C(C)(C)Oc1ccc(F)cc1)c1ccc(Cl)cc1. The Morgan fingerprint density at radius 2 is 1.58 bits per heavy atom. The van der Waals surface area contributed by atoms with Gasteiger partial charge < -0.3 is 10.1 Å². The summed E-state index contributed by atoms with van der Waals surface area (Å²) in [4.78, 5) is 13.0. The molecule has 2 atom stereocenters. The molecule has 0 bridgehead atoms. The zero-order valence-corrected chi connectivity index (χ0v) is 18.7. The number of carbonyl (C=O) groups is 1. The number of hydrogen-bond acceptors (Lipinski definition) is 2. The van der Waals surface area contributed by atoms with Crippen molar-refractivity contribution in [3.05, 3.63) is 101 Å². The van der Waals surface area contributed by atoms with Gasteiger partial charge in [-0.2, -0.15) is 0 Å². The average molecular weight is 440 g/mol. The number of halogens is 2. The molecule has 0 fully saturated rings. The van der Waals surface area contributed by atoms with Crippen LogP contribution in [-0.2, 0) is 4.79 Å². The van der Waals surface area contributed by atoms with Crippen LogP contribution >= 0.6 is 11.6 Å². The van der Waals surface area contributed by atoms with E-state index >= 15 is 0 Å². The number of benzene rings is 3. The summed E-state index contributed by atoms with van der Waals surface area (Å²) in [6.07, 6.45) is 0. The Balaban J connectivity index is 1.75. The summed E-state index contributed by atoms with van der Waals surface area (Å²) in [5.41, 5.74) is 1.18. The van der Waals surface area contributed by atoms with E-state index in [1.807, 2.05) is 42.5 Å². The minimum Gasteiger partial charge on any atom is -0.478 e. The third kappa shape index (κ3) is 6.08. The molecular formula is C26H27ClFNO2. The van der Waals surface area contributed by atoms with Crippen LogP contribution in [0.25, 0.3) is 0 Å². The second-order valence-electron chi connectivity index (χ2n) is 8.13. The van der Waals surface area contributed by atoms with Crippen molar-refractivity contribution in [2.45, 2.75) is 38.2 Å². The highest BCUT2D eigenvalue weighted by Crippen LogP contribution is 2.33. The molecule has 1 amide bonds. The summed E-state index contributed by atoms with van der Waals surface area (Å²) in [6, 6.07) is 23.6. The van der Waals surface area contributed by atoms with Crippen molar-refractivity contribution in [1.82, 2.24) is 5.32 Å². The molecule has 162 valence electrons. The number of nitrogens with one attached hydrogen (secondary N) is 1. The molecule has 5 heteroatoms. The predicted octanol–water partition coefficient (Wildman–Crippen LogP) is 6.34. The molecule has 0 radical (unpaired) electrons. The molecule has 3 nitrogen and oxygen atoms in total. The van der Waals surface area contributed by atoms with E-state index in [1.54, 1.807) is 13.8 Å². The Bertz CT molecular complexity index is 988. The lowest BCUT2D eigenvalue weighted by molar-refractivity contribution is -0.134. The van der Waals surface area contributed by atoms with E-state index in [9.17, 15) is 9.18 Å². The lowest BCUT2D eigenvalue weighted by atomic mass is 9.82. The minimum atomic E-state index is -1.11. The normalized spacial score (nSPS) is 13.3. The van der Waals surface area contributed by atoms with Gasteiger partial charge in [-0.25, -0.2) is 4.39 Å². The van der Waals surface area contributed by atoms with Crippen LogP contribution in [0.1, 0.15) is 43.7 Å². The van der Waals surface area contributed by atoms with Crippen LogP contribution in [0.3, 0.4) is 0 Å². The molecule has 0 aliphatic heterocycles. The second-order valence-corrected chi connectivity index (χ2v) is 8.57. The van der Waals surface area contributed by atoms with Gasteiger partial charge in [0.25, 0.3) is 5.91 Å². The molecule has 0 aromatic heterocycles. The highest BCUT2D eigenvalue weighted by molar-refractivity contribution is 6.30. The van der Waals surface area contributed by atoms with E-state index in [4.69, 9.17) is 16.3 Å². The van der Waals surface area contributed by atoms with Gasteiger partial charge in [0.15, 0.2) is 5.60 Å². The molecule has 0 heterocycles. The van der Waals surface area contributed by atoms with Crippen molar-refractivity contribution >= 4 is 17.5 Å². The minimum absolute atomic E-state index is 0.0465. The second kappa shape index (κ2) is 9.97. The maximum atomic E-state index is 13.1. The Morgan fingerprint density at radius 1 is 0.968 bits per heavy atom. The highest BCUT2D eigenvalue weighted by Gasteiger charge is 2.31. The number of ether oxygens (including phenoxy) is 1. The third-order valence-electron chi connectivity index (χ3n) is 5.44. The van der Waals surface area contributed by atoms with Gasteiger partial charge in [0, 0.05) is 17.5 Å². The quantitative estimate of drug-likeness (QED) is 0.444. The van der Waals surface area contributed by atoms with Gasteiger partial charge in [0.05, 0.1) is 0 Å². The van der Waals surface area contributed by atoms with Gasteiger partial charge in [-0.1, -0.05) is 61.0 Å². The first-order valence-corrected chi connectivity index (χ1v) is 10.7. The predicted molar refractivity (Wildman–Crippen MR) is 123 cm³/mol. The molecule has 2 unspecified atom stereocenters. The van der Waals surface area contributed by atoms with Crippen LogP contribution in [-0.4, -0.2) is 18.1 Å². The molecule has 1 N–H and O–H groups in total. The van der Waals surface area contributed by atoms with Crippen LogP contribution in [0.2, 0.25) is 5.02 Å². The molecule has 0 aliphatic rings. The van der Waals surface area contributed by atoms with Gasteiger partial charge in [0.1, 0.15) is 11.6 Å². The molecule has 0 saturated heterocycles. The summed E-state index contributed by atoms with van der Waals surface area (Å²) < 4.78 is 19.0. The molecule has 3 aromatic rings. The molecule has 3 rings (SSSR count). The molecular weight excluding hydrogens is 413 g/mol. The summed E-state index contributed by atoms with van der Waals surface area (Å²) in [5.74, 6) is 0.0638. The zero-order valence-electron chi connectivity index (χ0n) is 17.9. The molecule has 31 heavy (non-hydrogen) atoms. The first kappa shape index (κ1) is 22.8. The summed E-state index contributed by atoms with van der Waals surface area (Å²) >= 11 is 6.08. The van der Waals surface area contributed by atoms with E-state index in [0.717, 1.165) is 5.56 Å². The van der Waals surface area contributed by atoms with Crippen molar-refractivity contribution in [3.8, 4) is 5.75 Å². The first-order chi connectivity index (χ1) is 14.8. The Kier molecular flexibility index (Phi) is 7.34. The Hall–Kier alpha value is -2.85. The fourth-order valence-electron chi connectivity index (χ4n) is 3.54. The van der Waals surface area contributed by atoms with Gasteiger partial charge in [-0.05, 0) is 67.3 Å². The maximum Gasteiger partial charge on any atom is 0.263 e. The van der Waals surface area contributed by atoms with Gasteiger partial charge in [0.2, 0.25) is 0 Å². The lowest BCUT2D eigenvalue weighted by Gasteiger charge is -2.29. The summed E-state index contributed by atoms with van der Waals surface area (Å²) in [5, 5.41) is 3.72. The smallest absolute Gasteiger partial charge is 0.263 e. The highest BCUT2D eigenvalue weighted by atomic mass is 35.5. The summed E-state index contributed by atoms with van der Waals surface area (Å²) in [6.45, 7) is 5.99. The van der Waals surface area contributed by atoms with E-state index in [1.165, 1.54) is 29.8 Å².